The van der Waals surface area contributed by atoms with E-state index in [2.05, 4.69) is 33.9 Å². The Balaban J connectivity index is 3.02. The summed E-state index contributed by atoms with van der Waals surface area (Å²) in [5.41, 5.74) is 0.940. The second kappa shape index (κ2) is 5.64. The second-order valence-electron chi connectivity index (χ2n) is 6.07. The van der Waals surface area contributed by atoms with Gasteiger partial charge in [-0.3, -0.25) is 0 Å². The molecule has 0 aliphatic carbocycles. The molecule has 1 N–H and O–H groups in total. The average molecular weight is 287 g/mol. The van der Waals surface area contributed by atoms with Gasteiger partial charge in [0.1, 0.15) is 5.75 Å². The Morgan fingerprint density at radius 2 is 1.89 bits per heavy atom. The summed E-state index contributed by atoms with van der Waals surface area (Å²) in [5, 5.41) is 9.78. The van der Waals surface area contributed by atoms with Crippen molar-refractivity contribution in [1.82, 2.24) is 0 Å². The van der Waals surface area contributed by atoms with Crippen molar-refractivity contribution in [3.8, 4) is 5.75 Å². The average Bonchev–Trinajstić information content (AvgIpc) is 2.22. The lowest BCUT2D eigenvalue weighted by atomic mass is 10.1. The van der Waals surface area contributed by atoms with Crippen LogP contribution in [0.1, 0.15) is 26.3 Å². The van der Waals surface area contributed by atoms with Crippen molar-refractivity contribution in [2.75, 3.05) is 6.61 Å². The Bertz CT molecular complexity index is 411. The van der Waals surface area contributed by atoms with Crippen LogP contribution >= 0.6 is 11.6 Å². The van der Waals surface area contributed by atoms with Crippen LogP contribution in [0.25, 0.3) is 0 Å². The minimum atomic E-state index is -1.87. The summed E-state index contributed by atoms with van der Waals surface area (Å²) in [7, 11) is -1.87. The summed E-state index contributed by atoms with van der Waals surface area (Å²) in [6.07, 6.45) is 0.563. The Kier molecular flexibility index (Phi) is 4.87. The van der Waals surface area contributed by atoms with Gasteiger partial charge in [0.2, 0.25) is 0 Å². The van der Waals surface area contributed by atoms with Gasteiger partial charge in [-0.1, -0.05) is 44.5 Å². The molecule has 0 aromatic heterocycles. The van der Waals surface area contributed by atoms with Crippen LogP contribution in [0.2, 0.25) is 23.2 Å². The van der Waals surface area contributed by atoms with E-state index in [4.69, 9.17) is 21.1 Å². The van der Waals surface area contributed by atoms with Gasteiger partial charge in [0, 0.05) is 6.61 Å². The summed E-state index contributed by atoms with van der Waals surface area (Å²) in [6.45, 7) is 11.1. The van der Waals surface area contributed by atoms with E-state index in [1.807, 2.05) is 18.2 Å². The molecule has 1 aromatic rings. The van der Waals surface area contributed by atoms with E-state index in [-0.39, 0.29) is 11.6 Å². The normalized spacial score (nSPS) is 12.6. The molecular formula is C14H23ClO2Si. The van der Waals surface area contributed by atoms with Gasteiger partial charge < -0.3 is 9.53 Å². The van der Waals surface area contributed by atoms with Gasteiger partial charge >= 0.3 is 0 Å². The highest BCUT2D eigenvalue weighted by molar-refractivity contribution is 6.74. The fourth-order valence-electron chi connectivity index (χ4n) is 1.38. The van der Waals surface area contributed by atoms with Crippen LogP contribution in [0.5, 0.6) is 5.75 Å². The second-order valence-corrected chi connectivity index (χ2v) is 11.2. The lowest BCUT2D eigenvalue weighted by molar-refractivity contribution is 0.299. The maximum Gasteiger partial charge on any atom is 0.250 e. The summed E-state index contributed by atoms with van der Waals surface area (Å²) in [4.78, 5) is 0. The van der Waals surface area contributed by atoms with Gasteiger partial charge in [-0.05, 0) is 36.2 Å². The molecule has 4 heteroatoms. The van der Waals surface area contributed by atoms with Crippen LogP contribution in [0.15, 0.2) is 18.2 Å². The number of benzene rings is 1. The van der Waals surface area contributed by atoms with E-state index >= 15 is 0 Å². The van der Waals surface area contributed by atoms with E-state index in [0.717, 1.165) is 11.3 Å². The highest BCUT2D eigenvalue weighted by Crippen LogP contribution is 2.39. The highest BCUT2D eigenvalue weighted by Gasteiger charge is 2.39. The molecule has 18 heavy (non-hydrogen) atoms. The molecule has 0 heterocycles. The number of hydrogen-bond donors (Lipinski definition) is 1. The lowest BCUT2D eigenvalue weighted by Gasteiger charge is -2.36. The first-order valence-corrected chi connectivity index (χ1v) is 9.55. The number of hydrogen-bond acceptors (Lipinski definition) is 2. The van der Waals surface area contributed by atoms with Crippen molar-refractivity contribution in [1.29, 1.82) is 0 Å². The molecule has 0 bridgehead atoms. The number of aliphatic hydroxyl groups is 1. The van der Waals surface area contributed by atoms with Crippen molar-refractivity contribution >= 4 is 19.9 Å². The quantitative estimate of drug-likeness (QED) is 0.838. The van der Waals surface area contributed by atoms with Crippen molar-refractivity contribution in [3.63, 3.8) is 0 Å². The minimum Gasteiger partial charge on any atom is -0.542 e. The number of halogens is 1. The lowest BCUT2D eigenvalue weighted by Crippen LogP contribution is -2.43. The Morgan fingerprint density at radius 1 is 1.28 bits per heavy atom. The molecule has 1 aromatic carbocycles. The van der Waals surface area contributed by atoms with E-state index in [1.54, 1.807) is 0 Å². The van der Waals surface area contributed by atoms with Gasteiger partial charge in [0.25, 0.3) is 8.32 Å². The molecule has 0 fully saturated rings. The zero-order valence-corrected chi connectivity index (χ0v) is 13.6. The molecule has 1 rings (SSSR count). The summed E-state index contributed by atoms with van der Waals surface area (Å²) in [5.74, 6) is 0.745. The number of aliphatic hydroxyl groups excluding tert-OH is 1. The van der Waals surface area contributed by atoms with Crippen molar-refractivity contribution < 1.29 is 9.53 Å². The van der Waals surface area contributed by atoms with Crippen molar-refractivity contribution in [2.24, 2.45) is 0 Å². The van der Waals surface area contributed by atoms with Gasteiger partial charge in [-0.15, -0.1) is 0 Å². The summed E-state index contributed by atoms with van der Waals surface area (Å²) >= 11 is 6.33. The van der Waals surface area contributed by atoms with Crippen LogP contribution in [0, 0.1) is 0 Å². The fourth-order valence-corrected chi connectivity index (χ4v) is 2.73. The molecule has 102 valence electrons. The standard InChI is InChI=1S/C14H23ClO2Si/c1-14(2,3)18(4,5)17-12-8-6-7-11(9-10-16)13(12)15/h6-8,16H,9-10H2,1-5H3. The van der Waals surface area contributed by atoms with Crippen LogP contribution < -0.4 is 4.43 Å². The van der Waals surface area contributed by atoms with Gasteiger partial charge in [0.15, 0.2) is 0 Å². The maximum atomic E-state index is 9.01. The fraction of sp³-hybridized carbons (Fsp3) is 0.571. The van der Waals surface area contributed by atoms with Crippen LogP contribution in [-0.2, 0) is 6.42 Å². The first kappa shape index (κ1) is 15.5. The Morgan fingerprint density at radius 3 is 2.39 bits per heavy atom. The van der Waals surface area contributed by atoms with Gasteiger partial charge in [0.05, 0.1) is 5.02 Å². The van der Waals surface area contributed by atoms with Crippen LogP contribution in [0.4, 0.5) is 0 Å². The van der Waals surface area contributed by atoms with E-state index in [0.29, 0.717) is 11.4 Å². The van der Waals surface area contributed by atoms with Gasteiger partial charge in [-0.25, -0.2) is 0 Å². The topological polar surface area (TPSA) is 29.5 Å². The molecule has 0 aliphatic rings. The molecule has 0 aliphatic heterocycles. The van der Waals surface area contributed by atoms with Crippen LogP contribution in [0.3, 0.4) is 0 Å². The molecule has 0 amide bonds. The zero-order chi connectivity index (χ0) is 14.0. The third kappa shape index (κ3) is 3.50. The highest BCUT2D eigenvalue weighted by atomic mass is 35.5. The summed E-state index contributed by atoms with van der Waals surface area (Å²) < 4.78 is 6.21. The molecule has 0 atom stereocenters. The first-order chi connectivity index (χ1) is 8.19. The molecule has 0 saturated carbocycles. The smallest absolute Gasteiger partial charge is 0.250 e. The summed E-state index contributed by atoms with van der Waals surface area (Å²) in [6, 6.07) is 5.76. The zero-order valence-electron chi connectivity index (χ0n) is 11.9. The molecular weight excluding hydrogens is 264 g/mol. The van der Waals surface area contributed by atoms with E-state index < -0.39 is 8.32 Å². The third-order valence-electron chi connectivity index (χ3n) is 3.60. The SMILES string of the molecule is CC(C)(C)[Si](C)(C)Oc1cccc(CCO)c1Cl. The number of rotatable bonds is 4. The van der Waals surface area contributed by atoms with Crippen molar-refractivity contribution in [2.45, 2.75) is 45.3 Å². The molecule has 0 unspecified atom stereocenters. The third-order valence-corrected chi connectivity index (χ3v) is 8.37. The predicted molar refractivity (Wildman–Crippen MR) is 80.1 cm³/mol. The molecule has 2 nitrogen and oxygen atoms in total. The van der Waals surface area contributed by atoms with Gasteiger partial charge in [-0.2, -0.15) is 0 Å². The van der Waals surface area contributed by atoms with E-state index in [1.165, 1.54) is 0 Å². The Hall–Kier alpha value is -0.513. The maximum absolute atomic E-state index is 9.01. The van der Waals surface area contributed by atoms with E-state index in [9.17, 15) is 0 Å². The predicted octanol–water partition coefficient (Wildman–Crippen LogP) is 4.26. The monoisotopic (exact) mass is 286 g/mol. The Labute approximate surface area is 116 Å². The molecule has 0 radical (unpaired) electrons. The molecule has 0 spiro atoms. The largest absolute Gasteiger partial charge is 0.542 e. The minimum absolute atomic E-state index is 0.100. The molecule has 0 saturated heterocycles. The van der Waals surface area contributed by atoms with Crippen molar-refractivity contribution in [3.05, 3.63) is 28.8 Å². The first-order valence-electron chi connectivity index (χ1n) is 6.26. The van der Waals surface area contributed by atoms with Crippen LogP contribution in [-0.4, -0.2) is 20.0 Å².